The molecule has 3 unspecified atom stereocenters. The van der Waals surface area contributed by atoms with E-state index in [9.17, 15) is 9.59 Å². The fraction of sp³-hybridized carbons (Fsp3) is 0.941. The minimum Gasteiger partial charge on any atom is -0.466 e. The van der Waals surface area contributed by atoms with Gasteiger partial charge in [-0.1, -0.05) is 125 Å². The van der Waals surface area contributed by atoms with Gasteiger partial charge < -0.3 is 9.47 Å². The van der Waals surface area contributed by atoms with Gasteiger partial charge in [0, 0.05) is 12.8 Å². The number of esters is 2. The van der Waals surface area contributed by atoms with Crippen molar-refractivity contribution in [2.45, 2.75) is 164 Å². The Morgan fingerprint density at radius 3 is 1.32 bits per heavy atom. The molecule has 0 radical (unpaired) electrons. The van der Waals surface area contributed by atoms with Crippen LogP contribution in [0.2, 0.25) is 0 Å². The van der Waals surface area contributed by atoms with E-state index in [1.54, 1.807) is 0 Å². The first-order chi connectivity index (χ1) is 18.2. The molecular weight excluding hydrogens is 472 g/mol. The summed E-state index contributed by atoms with van der Waals surface area (Å²) in [7, 11) is 0. The SMILES string of the molecule is CCOC(=O)CCCCC(CCCCC(=O)OCC)C(C)CCCC(C)CCCCC(C)CCCC(C)C. The third kappa shape index (κ3) is 22.9. The average Bonchev–Trinajstić information content (AvgIpc) is 2.85. The maximum absolute atomic E-state index is 11.7. The van der Waals surface area contributed by atoms with Gasteiger partial charge in [0.15, 0.2) is 0 Å². The van der Waals surface area contributed by atoms with Gasteiger partial charge in [0.25, 0.3) is 0 Å². The Labute approximate surface area is 237 Å². The second kappa shape index (κ2) is 24.9. The van der Waals surface area contributed by atoms with E-state index in [1.165, 1.54) is 77.0 Å². The van der Waals surface area contributed by atoms with Crippen LogP contribution in [-0.2, 0) is 19.1 Å². The summed E-state index contributed by atoms with van der Waals surface area (Å²) in [5.41, 5.74) is 0. The van der Waals surface area contributed by atoms with Crippen LogP contribution in [0.25, 0.3) is 0 Å². The highest BCUT2D eigenvalue weighted by atomic mass is 16.5. The Balaban J connectivity index is 4.28. The summed E-state index contributed by atoms with van der Waals surface area (Å²) in [6.07, 6.45) is 21.1. The molecule has 0 amide bonds. The zero-order valence-corrected chi connectivity index (χ0v) is 26.7. The van der Waals surface area contributed by atoms with Gasteiger partial charge in [0.2, 0.25) is 0 Å². The number of hydrogen-bond donors (Lipinski definition) is 0. The maximum atomic E-state index is 11.7. The molecule has 0 aliphatic carbocycles. The lowest BCUT2D eigenvalue weighted by Gasteiger charge is -2.25. The van der Waals surface area contributed by atoms with Gasteiger partial charge in [-0.05, 0) is 56.3 Å². The third-order valence-electron chi connectivity index (χ3n) is 8.31. The van der Waals surface area contributed by atoms with Crippen molar-refractivity contribution in [3.05, 3.63) is 0 Å². The minimum absolute atomic E-state index is 0.0684. The monoisotopic (exact) mass is 538 g/mol. The lowest BCUT2D eigenvalue weighted by atomic mass is 9.81. The van der Waals surface area contributed by atoms with Crippen molar-refractivity contribution in [1.82, 2.24) is 0 Å². The smallest absolute Gasteiger partial charge is 0.305 e. The van der Waals surface area contributed by atoms with Crippen LogP contribution in [0.4, 0.5) is 0 Å². The molecule has 0 fully saturated rings. The Morgan fingerprint density at radius 1 is 0.500 bits per heavy atom. The van der Waals surface area contributed by atoms with Gasteiger partial charge in [-0.15, -0.1) is 0 Å². The molecule has 0 aromatic rings. The molecule has 0 aliphatic rings. The van der Waals surface area contributed by atoms with Crippen molar-refractivity contribution in [2.75, 3.05) is 13.2 Å². The number of ether oxygens (including phenoxy) is 2. The standard InChI is InChI=1S/C34H66O4/c1-8-37-33(35)26-14-12-24-32(25-13-15-27-34(36)38-9-2)31(7)23-17-22-30(6)20-11-10-19-29(5)21-16-18-28(3)4/h28-32H,8-27H2,1-7H3. The number of hydrogen-bond acceptors (Lipinski definition) is 4. The van der Waals surface area contributed by atoms with Crippen LogP contribution in [-0.4, -0.2) is 25.2 Å². The molecule has 0 rings (SSSR count). The van der Waals surface area contributed by atoms with Crippen molar-refractivity contribution in [2.24, 2.45) is 29.6 Å². The fourth-order valence-electron chi connectivity index (χ4n) is 5.70. The highest BCUT2D eigenvalue weighted by molar-refractivity contribution is 5.69. The highest BCUT2D eigenvalue weighted by Crippen LogP contribution is 2.30. The van der Waals surface area contributed by atoms with Crippen molar-refractivity contribution in [3.8, 4) is 0 Å². The van der Waals surface area contributed by atoms with Crippen molar-refractivity contribution in [3.63, 3.8) is 0 Å². The molecule has 0 bridgehead atoms. The summed E-state index contributed by atoms with van der Waals surface area (Å²) in [5.74, 6) is 3.78. The van der Waals surface area contributed by atoms with Crippen molar-refractivity contribution in [1.29, 1.82) is 0 Å². The zero-order valence-electron chi connectivity index (χ0n) is 26.7. The van der Waals surface area contributed by atoms with Crippen LogP contribution in [0.5, 0.6) is 0 Å². The normalized spacial score (nSPS) is 14.0. The maximum Gasteiger partial charge on any atom is 0.305 e. The molecule has 0 aromatic heterocycles. The largest absolute Gasteiger partial charge is 0.466 e. The van der Waals surface area contributed by atoms with Gasteiger partial charge in [-0.25, -0.2) is 0 Å². The number of carbonyl (C=O) groups excluding carboxylic acids is 2. The summed E-state index contributed by atoms with van der Waals surface area (Å²) < 4.78 is 10.2. The Kier molecular flexibility index (Phi) is 24.2. The predicted molar refractivity (Wildman–Crippen MR) is 162 cm³/mol. The van der Waals surface area contributed by atoms with Crippen LogP contribution in [0.3, 0.4) is 0 Å². The van der Waals surface area contributed by atoms with Gasteiger partial charge >= 0.3 is 11.9 Å². The van der Waals surface area contributed by atoms with Gasteiger partial charge in [-0.3, -0.25) is 9.59 Å². The Morgan fingerprint density at radius 2 is 0.895 bits per heavy atom. The molecule has 4 nitrogen and oxygen atoms in total. The van der Waals surface area contributed by atoms with E-state index in [4.69, 9.17) is 9.47 Å². The lowest BCUT2D eigenvalue weighted by Crippen LogP contribution is -2.14. The van der Waals surface area contributed by atoms with E-state index in [2.05, 4.69) is 34.6 Å². The molecule has 0 saturated carbocycles. The third-order valence-corrected chi connectivity index (χ3v) is 8.31. The second-order valence-electron chi connectivity index (χ2n) is 12.6. The Hall–Kier alpha value is -1.06. The van der Waals surface area contributed by atoms with Crippen LogP contribution in [0, 0.1) is 29.6 Å². The molecule has 3 atom stereocenters. The topological polar surface area (TPSA) is 52.6 Å². The first kappa shape index (κ1) is 36.9. The number of unbranched alkanes of at least 4 members (excludes halogenated alkanes) is 3. The van der Waals surface area contributed by atoms with Gasteiger partial charge in [0.05, 0.1) is 13.2 Å². The molecule has 0 spiro atoms. The Bertz CT molecular complexity index is 533. The van der Waals surface area contributed by atoms with E-state index < -0.39 is 0 Å². The van der Waals surface area contributed by atoms with Gasteiger partial charge in [0.1, 0.15) is 0 Å². The first-order valence-electron chi connectivity index (χ1n) is 16.5. The molecule has 38 heavy (non-hydrogen) atoms. The molecule has 4 heteroatoms. The summed E-state index contributed by atoms with van der Waals surface area (Å²) in [6, 6.07) is 0. The molecule has 226 valence electrons. The van der Waals surface area contributed by atoms with Crippen molar-refractivity contribution >= 4 is 11.9 Å². The van der Waals surface area contributed by atoms with Crippen LogP contribution in [0.1, 0.15) is 164 Å². The second-order valence-corrected chi connectivity index (χ2v) is 12.6. The summed E-state index contributed by atoms with van der Waals surface area (Å²) in [4.78, 5) is 23.4. The fourth-order valence-corrected chi connectivity index (χ4v) is 5.70. The average molecular weight is 539 g/mol. The summed E-state index contributed by atoms with van der Waals surface area (Å²) >= 11 is 0. The molecule has 0 aromatic carbocycles. The molecule has 0 aliphatic heterocycles. The molecular formula is C34H66O4. The first-order valence-corrected chi connectivity index (χ1v) is 16.5. The van der Waals surface area contributed by atoms with Gasteiger partial charge in [-0.2, -0.15) is 0 Å². The quantitative estimate of drug-likeness (QED) is 0.0811. The molecule has 0 N–H and O–H groups in total. The van der Waals surface area contributed by atoms with Crippen LogP contribution < -0.4 is 0 Å². The summed E-state index contributed by atoms with van der Waals surface area (Å²) in [5, 5.41) is 0. The minimum atomic E-state index is -0.0684. The van der Waals surface area contributed by atoms with Crippen LogP contribution in [0.15, 0.2) is 0 Å². The number of rotatable bonds is 26. The molecule has 0 heterocycles. The zero-order chi connectivity index (χ0) is 28.6. The van der Waals surface area contributed by atoms with E-state index in [-0.39, 0.29) is 11.9 Å². The number of carbonyl (C=O) groups is 2. The van der Waals surface area contributed by atoms with Crippen molar-refractivity contribution < 1.29 is 19.1 Å². The summed E-state index contributed by atoms with van der Waals surface area (Å²) in [6.45, 7) is 16.6. The van der Waals surface area contributed by atoms with E-state index in [0.29, 0.717) is 37.9 Å². The molecule has 0 saturated heterocycles. The van der Waals surface area contributed by atoms with E-state index >= 15 is 0 Å². The highest BCUT2D eigenvalue weighted by Gasteiger charge is 2.18. The van der Waals surface area contributed by atoms with E-state index in [0.717, 1.165) is 43.4 Å². The van der Waals surface area contributed by atoms with Crippen LogP contribution >= 0.6 is 0 Å². The lowest BCUT2D eigenvalue weighted by molar-refractivity contribution is -0.144. The van der Waals surface area contributed by atoms with E-state index in [1.807, 2.05) is 13.8 Å². The predicted octanol–water partition coefficient (Wildman–Crippen LogP) is 10.3.